The van der Waals surface area contributed by atoms with Gasteiger partial charge in [-0.2, -0.15) is 0 Å². The molecule has 0 spiro atoms. The third-order valence-electron chi connectivity index (χ3n) is 4.57. The van der Waals surface area contributed by atoms with E-state index in [4.69, 9.17) is 0 Å². The van der Waals surface area contributed by atoms with Crippen molar-refractivity contribution in [3.63, 3.8) is 0 Å². The van der Waals surface area contributed by atoms with E-state index in [-0.39, 0.29) is 5.91 Å². The van der Waals surface area contributed by atoms with Gasteiger partial charge in [0.15, 0.2) is 0 Å². The smallest absolute Gasteiger partial charge is 0.270 e. The molecule has 0 aliphatic heterocycles. The Labute approximate surface area is 164 Å². The summed E-state index contributed by atoms with van der Waals surface area (Å²) in [7, 11) is 0. The highest BCUT2D eigenvalue weighted by Gasteiger charge is 2.12. The second-order valence-electron chi connectivity index (χ2n) is 6.58. The van der Waals surface area contributed by atoms with E-state index in [1.807, 2.05) is 78.9 Å². The molecular weight excluding hydrogens is 346 g/mol. The van der Waals surface area contributed by atoms with Crippen molar-refractivity contribution in [2.24, 2.45) is 0 Å². The van der Waals surface area contributed by atoms with Crippen LogP contribution in [0.25, 0.3) is 10.9 Å². The molecule has 3 aromatic carbocycles. The Morgan fingerprint density at radius 1 is 0.750 bits per heavy atom. The largest absolute Gasteiger partial charge is 0.380 e. The minimum Gasteiger partial charge on any atom is -0.380 e. The van der Waals surface area contributed by atoms with Gasteiger partial charge >= 0.3 is 0 Å². The lowest BCUT2D eigenvalue weighted by Crippen LogP contribution is -2.24. The van der Waals surface area contributed by atoms with E-state index in [1.165, 1.54) is 5.56 Å². The third kappa shape index (κ3) is 4.18. The van der Waals surface area contributed by atoms with Crippen LogP contribution >= 0.6 is 0 Å². The molecule has 1 aromatic heterocycles. The van der Waals surface area contributed by atoms with Crippen molar-refractivity contribution in [2.45, 2.75) is 13.1 Å². The fourth-order valence-corrected chi connectivity index (χ4v) is 3.10. The Hall–Kier alpha value is -3.66. The van der Waals surface area contributed by atoms with Crippen molar-refractivity contribution >= 4 is 22.5 Å². The summed E-state index contributed by atoms with van der Waals surface area (Å²) in [4.78, 5) is 17.2. The maximum atomic E-state index is 12.7. The zero-order valence-corrected chi connectivity index (χ0v) is 15.4. The number of rotatable bonds is 6. The fraction of sp³-hybridized carbons (Fsp3) is 0.0833. The number of nitrogens with zero attached hydrogens (tertiary/aromatic N) is 1. The molecule has 4 heteroatoms. The van der Waals surface area contributed by atoms with E-state index in [9.17, 15) is 4.79 Å². The van der Waals surface area contributed by atoms with Gasteiger partial charge in [0.1, 0.15) is 5.69 Å². The molecule has 2 N–H and O–H groups in total. The van der Waals surface area contributed by atoms with Crippen LogP contribution < -0.4 is 10.6 Å². The van der Waals surface area contributed by atoms with Crippen LogP contribution in [0.3, 0.4) is 0 Å². The lowest BCUT2D eigenvalue weighted by molar-refractivity contribution is 0.0946. The number of hydrogen-bond acceptors (Lipinski definition) is 3. The van der Waals surface area contributed by atoms with Crippen molar-refractivity contribution in [1.29, 1.82) is 0 Å². The molecule has 0 aliphatic rings. The number of nitrogens with one attached hydrogen (secondary N) is 2. The topological polar surface area (TPSA) is 54.0 Å². The first-order valence-corrected chi connectivity index (χ1v) is 9.29. The van der Waals surface area contributed by atoms with Gasteiger partial charge in [0.25, 0.3) is 5.91 Å². The average Bonchev–Trinajstić information content (AvgIpc) is 2.77. The van der Waals surface area contributed by atoms with Gasteiger partial charge in [-0.05, 0) is 23.3 Å². The molecule has 0 aliphatic carbocycles. The highest BCUT2D eigenvalue weighted by molar-refractivity contribution is 5.99. The summed E-state index contributed by atoms with van der Waals surface area (Å²) in [5.74, 6) is -0.183. The van der Waals surface area contributed by atoms with E-state index < -0.39 is 0 Å². The van der Waals surface area contributed by atoms with Crippen molar-refractivity contribution in [2.75, 3.05) is 5.32 Å². The number of hydrogen-bond donors (Lipinski definition) is 2. The number of para-hydroxylation sites is 1. The highest BCUT2D eigenvalue weighted by atomic mass is 16.1. The van der Waals surface area contributed by atoms with E-state index >= 15 is 0 Å². The molecule has 1 heterocycles. The quantitative estimate of drug-likeness (QED) is 0.516. The summed E-state index contributed by atoms with van der Waals surface area (Å²) in [6.45, 7) is 1.15. The molecule has 0 unspecified atom stereocenters. The number of anilines is 1. The van der Waals surface area contributed by atoms with Crippen LogP contribution in [0.4, 0.5) is 5.69 Å². The number of amides is 1. The van der Waals surface area contributed by atoms with Crippen molar-refractivity contribution in [3.05, 3.63) is 108 Å². The minimum atomic E-state index is -0.183. The summed E-state index contributed by atoms with van der Waals surface area (Å²) in [5.41, 5.74) is 4.34. The van der Waals surface area contributed by atoms with Crippen molar-refractivity contribution in [3.8, 4) is 0 Å². The van der Waals surface area contributed by atoms with Crippen LogP contribution in [0.5, 0.6) is 0 Å². The molecule has 1 amide bonds. The Kier molecular flexibility index (Phi) is 5.29. The number of benzene rings is 3. The van der Waals surface area contributed by atoms with E-state index in [0.29, 0.717) is 18.8 Å². The molecule has 138 valence electrons. The van der Waals surface area contributed by atoms with Crippen molar-refractivity contribution in [1.82, 2.24) is 10.3 Å². The molecule has 4 aromatic rings. The molecule has 0 radical (unpaired) electrons. The Balaban J connectivity index is 1.57. The summed E-state index contributed by atoms with van der Waals surface area (Å²) >= 11 is 0. The van der Waals surface area contributed by atoms with E-state index in [1.54, 1.807) is 0 Å². The maximum Gasteiger partial charge on any atom is 0.270 e. The van der Waals surface area contributed by atoms with Crippen LogP contribution in [-0.2, 0) is 13.1 Å². The van der Waals surface area contributed by atoms with E-state index in [0.717, 1.165) is 22.2 Å². The second kappa shape index (κ2) is 8.35. The van der Waals surface area contributed by atoms with Crippen molar-refractivity contribution < 1.29 is 4.79 Å². The molecular formula is C24H21N3O. The van der Waals surface area contributed by atoms with Gasteiger partial charge in [-0.3, -0.25) is 4.79 Å². The molecule has 4 nitrogen and oxygen atoms in total. The van der Waals surface area contributed by atoms with Crippen LogP contribution in [0.1, 0.15) is 21.6 Å². The van der Waals surface area contributed by atoms with Crippen LogP contribution in [0.2, 0.25) is 0 Å². The first kappa shape index (κ1) is 17.7. The minimum absolute atomic E-state index is 0.183. The molecule has 0 bridgehead atoms. The SMILES string of the molecule is O=C(NCc1ccccc1)c1cc(NCc2ccccc2)c2ccccc2n1. The normalized spacial score (nSPS) is 10.6. The Bertz CT molecular complexity index is 1080. The zero-order valence-electron chi connectivity index (χ0n) is 15.4. The fourth-order valence-electron chi connectivity index (χ4n) is 3.10. The first-order chi connectivity index (χ1) is 13.8. The number of carbonyl (C=O) groups excluding carboxylic acids is 1. The monoisotopic (exact) mass is 367 g/mol. The zero-order chi connectivity index (χ0) is 19.2. The molecule has 0 atom stereocenters. The predicted molar refractivity (Wildman–Crippen MR) is 113 cm³/mol. The molecule has 4 rings (SSSR count). The predicted octanol–water partition coefficient (Wildman–Crippen LogP) is 4.78. The van der Waals surface area contributed by atoms with E-state index in [2.05, 4.69) is 27.8 Å². The van der Waals surface area contributed by atoms with Gasteiger partial charge in [0.05, 0.1) is 5.52 Å². The van der Waals surface area contributed by atoms with Gasteiger partial charge < -0.3 is 10.6 Å². The van der Waals surface area contributed by atoms with Crippen LogP contribution in [0, 0.1) is 0 Å². The lowest BCUT2D eigenvalue weighted by atomic mass is 10.1. The summed E-state index contributed by atoms with van der Waals surface area (Å²) in [6, 6.07) is 29.7. The van der Waals surface area contributed by atoms with Gasteiger partial charge in [-0.1, -0.05) is 78.9 Å². The average molecular weight is 367 g/mol. The lowest BCUT2D eigenvalue weighted by Gasteiger charge is -2.12. The number of aromatic nitrogens is 1. The summed E-state index contributed by atoms with van der Waals surface area (Å²) < 4.78 is 0. The van der Waals surface area contributed by atoms with Crippen LogP contribution in [0.15, 0.2) is 91.0 Å². The Morgan fingerprint density at radius 3 is 2.07 bits per heavy atom. The maximum absolute atomic E-state index is 12.7. The highest BCUT2D eigenvalue weighted by Crippen LogP contribution is 2.24. The first-order valence-electron chi connectivity index (χ1n) is 9.29. The molecule has 0 fully saturated rings. The van der Waals surface area contributed by atoms with Crippen LogP contribution in [-0.4, -0.2) is 10.9 Å². The second-order valence-corrected chi connectivity index (χ2v) is 6.58. The number of pyridine rings is 1. The molecule has 0 saturated heterocycles. The van der Waals surface area contributed by atoms with Gasteiger partial charge in [0, 0.05) is 24.2 Å². The van der Waals surface area contributed by atoms with Gasteiger partial charge in [-0.15, -0.1) is 0 Å². The number of carbonyl (C=O) groups is 1. The Morgan fingerprint density at radius 2 is 1.36 bits per heavy atom. The summed E-state index contributed by atoms with van der Waals surface area (Å²) in [6.07, 6.45) is 0. The number of fused-ring (bicyclic) bond motifs is 1. The molecule has 28 heavy (non-hydrogen) atoms. The third-order valence-corrected chi connectivity index (χ3v) is 4.57. The molecule has 0 saturated carbocycles. The standard InChI is InChI=1S/C24H21N3O/c28-24(26-17-19-11-5-2-6-12-19)23-15-22(20-13-7-8-14-21(20)27-23)25-16-18-9-3-1-4-10-18/h1-15H,16-17H2,(H,25,27)(H,26,28). The summed E-state index contributed by atoms with van der Waals surface area (Å²) in [5, 5.41) is 7.40. The van der Waals surface area contributed by atoms with Gasteiger partial charge in [0.2, 0.25) is 0 Å². The van der Waals surface area contributed by atoms with Gasteiger partial charge in [-0.25, -0.2) is 4.98 Å².